The number of phenolic OH excluding ortho intramolecular Hbond substituents is 1. The molecule has 1 saturated heterocycles. The lowest BCUT2D eigenvalue weighted by molar-refractivity contribution is -0.141. The second-order valence-electron chi connectivity index (χ2n) is 12.1. The summed E-state index contributed by atoms with van der Waals surface area (Å²) < 4.78 is 0. The fraction of sp³-hybridized carbons (Fsp3) is 0.394. The van der Waals surface area contributed by atoms with Crippen LogP contribution in [0.5, 0.6) is 5.75 Å². The van der Waals surface area contributed by atoms with E-state index in [9.17, 15) is 48.6 Å². The first-order chi connectivity index (χ1) is 25.1. The first-order valence-electron chi connectivity index (χ1n) is 16.3. The number of primary amides is 2. The summed E-state index contributed by atoms with van der Waals surface area (Å²) in [4.78, 5) is 103. The number of carboxylic acids is 1. The summed E-state index contributed by atoms with van der Waals surface area (Å²) in [5.74, 6) is -8.16. The van der Waals surface area contributed by atoms with Gasteiger partial charge in [0.05, 0.1) is 12.5 Å². The van der Waals surface area contributed by atoms with Crippen molar-refractivity contribution in [2.75, 3.05) is 11.5 Å². The van der Waals surface area contributed by atoms with Gasteiger partial charge in [-0.1, -0.05) is 64.1 Å². The summed E-state index contributed by atoms with van der Waals surface area (Å²) in [5.41, 5.74) is 17.9. The summed E-state index contributed by atoms with van der Waals surface area (Å²) >= 11 is 0. The Labute approximate surface area is 311 Å². The molecule has 3 rings (SSSR count). The smallest absolute Gasteiger partial charge is 0.327 e. The second kappa shape index (κ2) is 20.6. The van der Waals surface area contributed by atoms with E-state index in [-0.39, 0.29) is 36.5 Å². The highest BCUT2D eigenvalue weighted by atomic mass is 33.1. The molecule has 6 atom stereocenters. The van der Waals surface area contributed by atoms with Crippen molar-refractivity contribution in [3.8, 4) is 5.75 Å². The molecule has 0 radical (unpaired) electrons. The van der Waals surface area contributed by atoms with Crippen molar-refractivity contribution < 1.29 is 48.6 Å². The van der Waals surface area contributed by atoms with Crippen molar-refractivity contribution in [2.24, 2.45) is 17.2 Å². The first-order valence-corrected chi connectivity index (χ1v) is 18.7. The van der Waals surface area contributed by atoms with E-state index < -0.39 is 96.4 Å². The summed E-state index contributed by atoms with van der Waals surface area (Å²) in [7, 11) is 1.99. The number of hydrogen-bond acceptors (Lipinski definition) is 12. The van der Waals surface area contributed by atoms with Gasteiger partial charge in [0.2, 0.25) is 41.4 Å². The predicted octanol–water partition coefficient (Wildman–Crippen LogP) is -2.45. The van der Waals surface area contributed by atoms with Gasteiger partial charge in [-0.05, 0) is 29.7 Å². The van der Waals surface area contributed by atoms with Gasteiger partial charge in [-0.15, -0.1) is 0 Å². The third-order valence-electron chi connectivity index (χ3n) is 7.79. The molecule has 53 heavy (non-hydrogen) atoms. The molecular formula is C33H42N8O10S2. The number of benzene rings is 2. The average molecular weight is 775 g/mol. The summed E-state index contributed by atoms with van der Waals surface area (Å²) in [6.45, 7) is 0. The number of carbonyl (C=O) groups excluding carboxylic acids is 7. The Morgan fingerprint density at radius 3 is 1.70 bits per heavy atom. The summed E-state index contributed by atoms with van der Waals surface area (Å²) in [5, 5.41) is 31.8. The van der Waals surface area contributed by atoms with Crippen LogP contribution in [0.4, 0.5) is 0 Å². The van der Waals surface area contributed by atoms with Crippen molar-refractivity contribution in [1.29, 1.82) is 0 Å². The molecule has 1 aliphatic heterocycles. The van der Waals surface area contributed by atoms with Crippen molar-refractivity contribution >= 4 is 68.9 Å². The van der Waals surface area contributed by atoms with Crippen molar-refractivity contribution in [3.05, 3.63) is 65.7 Å². The van der Waals surface area contributed by atoms with Gasteiger partial charge >= 0.3 is 5.97 Å². The summed E-state index contributed by atoms with van der Waals surface area (Å²) in [6.07, 6.45) is -1.71. The minimum atomic E-state index is -1.68. The van der Waals surface area contributed by atoms with Crippen LogP contribution in [0.2, 0.25) is 0 Å². The third-order valence-corrected chi connectivity index (χ3v) is 10.2. The molecule has 0 aromatic heterocycles. The zero-order valence-electron chi connectivity index (χ0n) is 28.3. The number of nitrogens with one attached hydrogen (secondary N) is 5. The minimum Gasteiger partial charge on any atom is -0.508 e. The van der Waals surface area contributed by atoms with E-state index in [0.29, 0.717) is 11.1 Å². The Morgan fingerprint density at radius 1 is 0.642 bits per heavy atom. The monoisotopic (exact) mass is 774 g/mol. The van der Waals surface area contributed by atoms with Crippen LogP contribution in [-0.4, -0.2) is 105 Å². The van der Waals surface area contributed by atoms with E-state index in [1.54, 1.807) is 30.3 Å². The number of amides is 7. The van der Waals surface area contributed by atoms with Crippen molar-refractivity contribution in [1.82, 2.24) is 26.6 Å². The van der Waals surface area contributed by atoms with E-state index in [0.717, 1.165) is 21.6 Å². The fourth-order valence-corrected chi connectivity index (χ4v) is 7.24. The van der Waals surface area contributed by atoms with Crippen LogP contribution in [0.15, 0.2) is 54.6 Å². The molecule has 2 aromatic carbocycles. The highest BCUT2D eigenvalue weighted by Crippen LogP contribution is 2.23. The molecule has 0 bridgehead atoms. The van der Waals surface area contributed by atoms with Crippen LogP contribution in [0.3, 0.4) is 0 Å². The molecule has 1 heterocycles. The van der Waals surface area contributed by atoms with Gasteiger partial charge in [-0.3, -0.25) is 33.6 Å². The number of carbonyl (C=O) groups is 8. The highest BCUT2D eigenvalue weighted by molar-refractivity contribution is 8.76. The Morgan fingerprint density at radius 2 is 1.13 bits per heavy atom. The van der Waals surface area contributed by atoms with Gasteiger partial charge in [0.15, 0.2) is 0 Å². The number of carboxylic acid groups (broad SMARTS) is 1. The van der Waals surface area contributed by atoms with Crippen LogP contribution in [0.1, 0.15) is 30.4 Å². The van der Waals surface area contributed by atoms with Crippen LogP contribution in [-0.2, 0) is 51.2 Å². The molecule has 1 fully saturated rings. The van der Waals surface area contributed by atoms with Gasteiger partial charge in [0.1, 0.15) is 36.0 Å². The van der Waals surface area contributed by atoms with E-state index >= 15 is 0 Å². The highest BCUT2D eigenvalue weighted by Gasteiger charge is 2.34. The number of hydrogen-bond donors (Lipinski definition) is 10. The standard InChI is InChI=1S/C33H42N8O10S2/c34-20-15-52-53-16-25(33(50)51)41-32(49)24(14-27(36)44)40-29(46)21(10-11-26(35)43)37-30(47)23(12-17-4-2-1-3-5-17)39-31(48)22(38-28(20)45)13-18-6-8-19(42)9-7-18/h1-9,20-25,42H,10-16,34H2,(H2,35,43)(H2,36,44)(H,37,47)(H,38,45)(H,39,48)(H,40,46)(H,41,49)(H,50,51)/t20-,21-,22?,23?,24?,25-/m0/s1. The molecule has 3 unspecified atom stereocenters. The second-order valence-corrected chi connectivity index (χ2v) is 14.6. The molecule has 0 saturated carbocycles. The first kappa shape index (κ1) is 42.1. The number of rotatable bonds is 10. The molecular weight excluding hydrogens is 733 g/mol. The Bertz CT molecular complexity index is 1650. The van der Waals surface area contributed by atoms with Crippen LogP contribution >= 0.6 is 21.6 Å². The zero-order chi connectivity index (χ0) is 39.1. The van der Waals surface area contributed by atoms with E-state index in [4.69, 9.17) is 17.2 Å². The van der Waals surface area contributed by atoms with Gasteiger partial charge in [-0.2, -0.15) is 0 Å². The van der Waals surface area contributed by atoms with Crippen LogP contribution < -0.4 is 43.8 Å². The predicted molar refractivity (Wildman–Crippen MR) is 194 cm³/mol. The lowest BCUT2D eigenvalue weighted by atomic mass is 10.0. The topological polar surface area (TPSA) is 315 Å². The Balaban J connectivity index is 2.05. The maximum Gasteiger partial charge on any atom is 0.327 e. The SMILES string of the molecule is NC(=O)CC[C@@H]1NC(=O)C(Cc2ccccc2)NC(=O)C(Cc2ccc(O)cc2)NC(=O)[C@@H](N)CSSC[C@@H](C(=O)O)NC(=O)C(CC(N)=O)NC1=O. The quantitative estimate of drug-likeness (QED) is 0.112. The maximum absolute atomic E-state index is 13.9. The number of phenols is 1. The molecule has 286 valence electrons. The van der Waals surface area contributed by atoms with E-state index in [1.807, 2.05) is 0 Å². The van der Waals surface area contributed by atoms with Gasteiger partial charge in [-0.25, -0.2) is 4.79 Å². The Kier molecular flexibility index (Phi) is 16.4. The molecule has 7 amide bonds. The maximum atomic E-state index is 13.9. The van der Waals surface area contributed by atoms with E-state index in [2.05, 4.69) is 26.6 Å². The zero-order valence-corrected chi connectivity index (χ0v) is 30.0. The minimum absolute atomic E-state index is 0.0323. The third kappa shape index (κ3) is 14.3. The molecule has 18 nitrogen and oxygen atoms in total. The summed E-state index contributed by atoms with van der Waals surface area (Å²) in [6, 6.07) is 5.78. The average Bonchev–Trinajstić information content (AvgIpc) is 3.10. The van der Waals surface area contributed by atoms with Crippen molar-refractivity contribution in [3.63, 3.8) is 0 Å². The lowest BCUT2D eigenvalue weighted by Crippen LogP contribution is -2.60. The Hall–Kier alpha value is -5.34. The van der Waals surface area contributed by atoms with Gasteiger partial charge in [0.25, 0.3) is 0 Å². The number of aliphatic carboxylic acids is 1. The fourth-order valence-electron chi connectivity index (χ4n) is 4.96. The molecule has 0 spiro atoms. The molecule has 13 N–H and O–H groups in total. The normalized spacial score (nSPS) is 24.0. The number of aromatic hydroxyl groups is 1. The largest absolute Gasteiger partial charge is 0.508 e. The molecule has 20 heteroatoms. The van der Waals surface area contributed by atoms with Crippen molar-refractivity contribution in [2.45, 2.75) is 68.4 Å². The van der Waals surface area contributed by atoms with E-state index in [1.165, 1.54) is 24.3 Å². The molecule has 0 aliphatic carbocycles. The number of nitrogens with two attached hydrogens (primary N) is 3. The van der Waals surface area contributed by atoms with Crippen LogP contribution in [0, 0.1) is 0 Å². The van der Waals surface area contributed by atoms with Crippen LogP contribution in [0.25, 0.3) is 0 Å². The van der Waals surface area contributed by atoms with Gasteiger partial charge in [0, 0.05) is 30.8 Å². The molecule has 1 aliphatic rings. The lowest BCUT2D eigenvalue weighted by Gasteiger charge is -2.27. The van der Waals surface area contributed by atoms with Gasteiger partial charge < -0.3 is 54.0 Å². The molecule has 2 aromatic rings.